The lowest BCUT2D eigenvalue weighted by atomic mass is 9.78. The van der Waals surface area contributed by atoms with Gasteiger partial charge in [-0.3, -0.25) is 0 Å². The standard InChI is InChI=1S/C12H2BF7O2/c14-3-1-4(15)6(5(16)2-3)13-21-11-9(19)7(17)8(18)10(20)12(11)22-13/h1-2H. The molecule has 0 amide bonds. The number of halogens is 7. The van der Waals surface area contributed by atoms with Gasteiger partial charge in [0.1, 0.15) is 17.5 Å². The molecule has 114 valence electrons. The van der Waals surface area contributed by atoms with E-state index < -0.39 is 64.8 Å². The minimum Gasteiger partial charge on any atom is -0.517 e. The SMILES string of the molecule is Fc1cc(F)c(B2Oc3c(F)c(F)c(F)c(F)c3O2)c(F)c1. The molecule has 2 nitrogen and oxygen atoms in total. The molecule has 2 aromatic rings. The molecule has 0 atom stereocenters. The van der Waals surface area contributed by atoms with Gasteiger partial charge in [0.15, 0.2) is 11.5 Å². The van der Waals surface area contributed by atoms with Crippen LogP contribution in [-0.2, 0) is 0 Å². The summed E-state index contributed by atoms with van der Waals surface area (Å²) in [6, 6.07) is 0.560. The van der Waals surface area contributed by atoms with E-state index >= 15 is 0 Å². The molecule has 0 radical (unpaired) electrons. The van der Waals surface area contributed by atoms with Crippen molar-refractivity contribution in [1.29, 1.82) is 0 Å². The van der Waals surface area contributed by atoms with Gasteiger partial charge in [0, 0.05) is 12.1 Å². The van der Waals surface area contributed by atoms with E-state index in [1.165, 1.54) is 0 Å². The molecule has 0 aromatic heterocycles. The minimum absolute atomic E-state index is 0.280. The molecule has 3 rings (SSSR count). The fraction of sp³-hybridized carbons (Fsp3) is 0. The lowest BCUT2D eigenvalue weighted by molar-refractivity contribution is 0.388. The van der Waals surface area contributed by atoms with Crippen molar-refractivity contribution in [2.75, 3.05) is 0 Å². The molecule has 22 heavy (non-hydrogen) atoms. The van der Waals surface area contributed by atoms with Crippen LogP contribution in [0.2, 0.25) is 0 Å². The van der Waals surface area contributed by atoms with Crippen LogP contribution in [0.3, 0.4) is 0 Å². The third kappa shape index (κ3) is 1.98. The maximum absolute atomic E-state index is 13.6. The van der Waals surface area contributed by atoms with E-state index in [1.54, 1.807) is 0 Å². The molecule has 0 N–H and O–H groups in total. The van der Waals surface area contributed by atoms with Crippen molar-refractivity contribution in [3.63, 3.8) is 0 Å². The average Bonchev–Trinajstić information content (AvgIpc) is 2.86. The molecule has 10 heteroatoms. The minimum atomic E-state index is -2.17. The number of benzene rings is 2. The average molecular weight is 322 g/mol. The van der Waals surface area contributed by atoms with Gasteiger partial charge in [-0.05, 0) is 0 Å². The van der Waals surface area contributed by atoms with Crippen LogP contribution < -0.4 is 14.8 Å². The molecule has 1 heterocycles. The summed E-state index contributed by atoms with van der Waals surface area (Å²) in [5.74, 6) is -14.7. The molecule has 0 bridgehead atoms. The molecular weight excluding hydrogens is 320 g/mol. The summed E-state index contributed by atoms with van der Waals surface area (Å²) in [4.78, 5) is 0. The van der Waals surface area contributed by atoms with Crippen molar-refractivity contribution >= 4 is 12.6 Å². The fourth-order valence-electron chi connectivity index (χ4n) is 1.94. The number of hydrogen-bond acceptors (Lipinski definition) is 2. The first kappa shape index (κ1) is 14.5. The van der Waals surface area contributed by atoms with E-state index in [4.69, 9.17) is 0 Å². The molecule has 0 unspecified atom stereocenters. The second-order valence-electron chi connectivity index (χ2n) is 4.26. The van der Waals surface area contributed by atoms with Gasteiger partial charge >= 0.3 is 7.12 Å². The summed E-state index contributed by atoms with van der Waals surface area (Å²) in [6.07, 6.45) is 0. The highest BCUT2D eigenvalue weighted by molar-refractivity contribution is 6.63. The van der Waals surface area contributed by atoms with E-state index in [0.717, 1.165) is 0 Å². The molecular formula is C12H2BF7O2. The molecule has 0 saturated heterocycles. The van der Waals surface area contributed by atoms with Gasteiger partial charge in [0.05, 0.1) is 5.46 Å². The smallest absolute Gasteiger partial charge is 0.517 e. The van der Waals surface area contributed by atoms with Crippen molar-refractivity contribution in [3.8, 4) is 11.5 Å². The van der Waals surface area contributed by atoms with Crippen LogP contribution in [0.15, 0.2) is 12.1 Å². The van der Waals surface area contributed by atoms with Gasteiger partial charge in [-0.1, -0.05) is 0 Å². The predicted octanol–water partition coefficient (Wildman–Crippen LogP) is 2.83. The van der Waals surface area contributed by atoms with Gasteiger partial charge in [-0.25, -0.2) is 22.0 Å². The molecule has 1 aliphatic heterocycles. The Labute approximate surface area is 118 Å². The second kappa shape index (κ2) is 4.82. The van der Waals surface area contributed by atoms with Gasteiger partial charge in [-0.2, -0.15) is 8.78 Å². The zero-order valence-corrected chi connectivity index (χ0v) is 10.2. The maximum atomic E-state index is 13.6. The Morgan fingerprint density at radius 2 is 1.05 bits per heavy atom. The van der Waals surface area contributed by atoms with Crippen molar-refractivity contribution in [1.82, 2.24) is 0 Å². The molecule has 0 fully saturated rings. The van der Waals surface area contributed by atoms with Crippen LogP contribution in [0, 0.1) is 40.7 Å². The summed E-state index contributed by atoms with van der Waals surface area (Å²) < 4.78 is 102. The Kier molecular flexibility index (Phi) is 3.19. The first-order chi connectivity index (χ1) is 10.3. The van der Waals surface area contributed by atoms with Gasteiger partial charge in [-0.15, -0.1) is 0 Å². The summed E-state index contributed by atoms with van der Waals surface area (Å²) in [7, 11) is -2.07. The van der Waals surface area contributed by atoms with E-state index in [1.807, 2.05) is 0 Å². The Balaban J connectivity index is 2.10. The Morgan fingerprint density at radius 3 is 1.45 bits per heavy atom. The molecule has 0 aliphatic carbocycles. The van der Waals surface area contributed by atoms with Crippen LogP contribution in [0.1, 0.15) is 0 Å². The summed E-state index contributed by atoms with van der Waals surface area (Å²) >= 11 is 0. The van der Waals surface area contributed by atoms with Crippen LogP contribution >= 0.6 is 0 Å². The monoisotopic (exact) mass is 322 g/mol. The molecule has 0 spiro atoms. The third-order valence-electron chi connectivity index (χ3n) is 2.91. The van der Waals surface area contributed by atoms with Crippen molar-refractivity contribution in [2.45, 2.75) is 0 Å². The highest BCUT2D eigenvalue weighted by atomic mass is 19.2. The van der Waals surface area contributed by atoms with Crippen molar-refractivity contribution in [3.05, 3.63) is 52.9 Å². The highest BCUT2D eigenvalue weighted by Crippen LogP contribution is 2.41. The first-order valence-electron chi connectivity index (χ1n) is 5.65. The van der Waals surface area contributed by atoms with Crippen LogP contribution in [0.4, 0.5) is 30.7 Å². The third-order valence-corrected chi connectivity index (χ3v) is 2.91. The Bertz CT molecular complexity index is 736. The Morgan fingerprint density at radius 1 is 0.636 bits per heavy atom. The number of fused-ring (bicyclic) bond motifs is 1. The number of hydrogen-bond donors (Lipinski definition) is 0. The maximum Gasteiger partial charge on any atom is 0.639 e. The zero-order valence-electron chi connectivity index (χ0n) is 10.2. The van der Waals surface area contributed by atoms with Gasteiger partial charge in [0.25, 0.3) is 0 Å². The second-order valence-corrected chi connectivity index (χ2v) is 4.26. The fourth-order valence-corrected chi connectivity index (χ4v) is 1.94. The first-order valence-corrected chi connectivity index (χ1v) is 5.65. The number of rotatable bonds is 1. The lowest BCUT2D eigenvalue weighted by Crippen LogP contribution is -2.43. The molecule has 1 aliphatic rings. The van der Waals surface area contributed by atoms with E-state index in [2.05, 4.69) is 9.31 Å². The largest absolute Gasteiger partial charge is 0.639 e. The quantitative estimate of drug-likeness (QED) is 0.348. The van der Waals surface area contributed by atoms with Crippen LogP contribution in [-0.4, -0.2) is 7.12 Å². The van der Waals surface area contributed by atoms with E-state index in [0.29, 0.717) is 0 Å². The summed E-state index contributed by atoms with van der Waals surface area (Å²) in [5, 5.41) is 0. The van der Waals surface area contributed by atoms with Gasteiger partial charge < -0.3 is 9.31 Å². The zero-order chi connectivity index (χ0) is 16.2. The molecule has 0 saturated carbocycles. The lowest BCUT2D eigenvalue weighted by Gasteiger charge is -2.07. The predicted molar refractivity (Wildman–Crippen MR) is 59.2 cm³/mol. The van der Waals surface area contributed by atoms with E-state index in [-0.39, 0.29) is 12.1 Å². The van der Waals surface area contributed by atoms with Crippen LogP contribution in [0.25, 0.3) is 0 Å². The normalized spacial score (nSPS) is 13.0. The van der Waals surface area contributed by atoms with Crippen molar-refractivity contribution in [2.24, 2.45) is 0 Å². The summed E-state index contributed by atoms with van der Waals surface area (Å²) in [6.45, 7) is 0. The van der Waals surface area contributed by atoms with Crippen molar-refractivity contribution < 1.29 is 40.0 Å². The Hall–Kier alpha value is -2.39. The van der Waals surface area contributed by atoms with Crippen LogP contribution in [0.5, 0.6) is 11.5 Å². The summed E-state index contributed by atoms with van der Waals surface area (Å²) in [5.41, 5.74) is -1.00. The highest BCUT2D eigenvalue weighted by Gasteiger charge is 2.44. The van der Waals surface area contributed by atoms with Gasteiger partial charge in [0.2, 0.25) is 23.3 Å². The molecule has 2 aromatic carbocycles. The topological polar surface area (TPSA) is 18.5 Å². The van der Waals surface area contributed by atoms with E-state index in [9.17, 15) is 30.7 Å².